The minimum Gasteiger partial charge on any atom is -0.500 e. The maximum Gasteiger partial charge on any atom is 0.170 e. The van der Waals surface area contributed by atoms with Crippen molar-refractivity contribution < 1.29 is 19.1 Å². The van der Waals surface area contributed by atoms with Crippen molar-refractivity contribution >= 4 is 69.3 Å². The summed E-state index contributed by atoms with van der Waals surface area (Å²) < 4.78 is 5.50. The van der Waals surface area contributed by atoms with Gasteiger partial charge in [-0.15, -0.1) is 11.8 Å². The van der Waals surface area contributed by atoms with E-state index in [1.807, 2.05) is 36.4 Å². The van der Waals surface area contributed by atoms with Gasteiger partial charge in [-0.05, 0) is 68.8 Å². The van der Waals surface area contributed by atoms with Gasteiger partial charge in [0.1, 0.15) is 17.5 Å². The molecule has 0 bridgehead atoms. The van der Waals surface area contributed by atoms with E-state index in [0.29, 0.717) is 72.9 Å². The number of Topliss-reactive ketones (excluding diaryl/α,β-unsaturated/α-hetero) is 3. The Bertz CT molecular complexity index is 2100. The van der Waals surface area contributed by atoms with Crippen molar-refractivity contribution in [2.24, 2.45) is 11.8 Å². The molecule has 2 aliphatic rings. The Morgan fingerprint density at radius 3 is 1.71 bits per heavy atom. The number of hydrogen-bond donors (Lipinski definition) is 0. The third-order valence-electron chi connectivity index (χ3n) is 8.59. The summed E-state index contributed by atoms with van der Waals surface area (Å²) in [7, 11) is 1.56. The first-order chi connectivity index (χ1) is 24.6. The van der Waals surface area contributed by atoms with Crippen LogP contribution in [0, 0.1) is 35.5 Å². The molecule has 0 aliphatic heterocycles. The van der Waals surface area contributed by atoms with Gasteiger partial charge in [-0.2, -0.15) is 0 Å². The number of rotatable bonds is 7. The number of carbonyl (C=O) groups excluding carboxylic acids is 3. The van der Waals surface area contributed by atoms with Gasteiger partial charge in [0.2, 0.25) is 0 Å². The predicted octanol–water partition coefficient (Wildman–Crippen LogP) is 9.19. The summed E-state index contributed by atoms with van der Waals surface area (Å²) >= 11 is 25.5. The van der Waals surface area contributed by atoms with Gasteiger partial charge in [0.15, 0.2) is 11.6 Å². The molecule has 0 spiro atoms. The Morgan fingerprint density at radius 2 is 1.24 bits per heavy atom. The Balaban J connectivity index is 0.000000198. The Kier molecular flexibility index (Phi) is 12.7. The van der Waals surface area contributed by atoms with E-state index in [0.717, 1.165) is 11.4 Å². The number of halogens is 4. The van der Waals surface area contributed by atoms with Crippen molar-refractivity contribution in [3.8, 4) is 23.7 Å². The number of benzene rings is 2. The van der Waals surface area contributed by atoms with Crippen LogP contribution < -0.4 is 0 Å². The summed E-state index contributed by atoms with van der Waals surface area (Å²) in [6.07, 6.45) is 5.08. The zero-order valence-electron chi connectivity index (χ0n) is 28.0. The second kappa shape index (κ2) is 17.2. The Labute approximate surface area is 317 Å². The molecule has 3 atom stereocenters. The third-order valence-corrected chi connectivity index (χ3v) is 9.81. The van der Waals surface area contributed by atoms with Gasteiger partial charge in [-0.25, -0.2) is 0 Å². The van der Waals surface area contributed by atoms with Gasteiger partial charge in [0, 0.05) is 87.2 Å². The number of ketones is 3. The smallest absolute Gasteiger partial charge is 0.170 e. The fourth-order valence-electron chi connectivity index (χ4n) is 6.35. The molecule has 1 saturated carbocycles. The zero-order valence-corrected chi connectivity index (χ0v) is 31.1. The second-order valence-electron chi connectivity index (χ2n) is 11.9. The SMILES string of the molecule is CC#Cc1cc(Cl)c(C2=C(OC)CC(Cc3ccccn3)C2=O)c(Cl)c1.CC#Cc1cc(Cl)c(C2C(=O)CC(Cc3ccccn3)C2=O)c(Cl)c1. The lowest BCUT2D eigenvalue weighted by Crippen LogP contribution is -2.18. The number of aromatic nitrogens is 2. The summed E-state index contributed by atoms with van der Waals surface area (Å²) in [5.41, 5.74) is 4.39. The van der Waals surface area contributed by atoms with Crippen LogP contribution in [0.5, 0.6) is 0 Å². The molecule has 2 aromatic carbocycles. The lowest BCUT2D eigenvalue weighted by Gasteiger charge is -2.14. The number of hydrogen-bond acceptors (Lipinski definition) is 6. The molecule has 2 aromatic heterocycles. The van der Waals surface area contributed by atoms with Gasteiger partial charge in [-0.1, -0.05) is 70.4 Å². The van der Waals surface area contributed by atoms with Crippen molar-refractivity contribution in [1.29, 1.82) is 0 Å². The molecule has 0 N–H and O–H groups in total. The molecule has 2 heterocycles. The molecule has 1 fully saturated rings. The summed E-state index contributed by atoms with van der Waals surface area (Å²) in [4.78, 5) is 47.0. The third kappa shape index (κ3) is 8.73. The maximum atomic E-state index is 13.1. The zero-order chi connectivity index (χ0) is 36.7. The lowest BCUT2D eigenvalue weighted by molar-refractivity contribution is -0.124. The molecule has 258 valence electrons. The number of pyridine rings is 2. The monoisotopic (exact) mass is 756 g/mol. The van der Waals surface area contributed by atoms with E-state index in [2.05, 4.69) is 33.6 Å². The Morgan fingerprint density at radius 1 is 0.725 bits per heavy atom. The van der Waals surface area contributed by atoms with E-state index in [1.165, 1.54) is 0 Å². The Hall–Kier alpha value is -4.43. The number of nitrogens with zero attached hydrogens (tertiary/aromatic N) is 2. The first-order valence-electron chi connectivity index (χ1n) is 16.1. The van der Waals surface area contributed by atoms with Crippen molar-refractivity contribution in [2.75, 3.05) is 7.11 Å². The van der Waals surface area contributed by atoms with E-state index in [4.69, 9.17) is 51.1 Å². The molecule has 6 nitrogen and oxygen atoms in total. The van der Waals surface area contributed by atoms with Crippen molar-refractivity contribution in [3.63, 3.8) is 0 Å². The number of carbonyl (C=O) groups is 3. The lowest BCUT2D eigenvalue weighted by atomic mass is 9.92. The normalized spacial score (nSPS) is 18.0. The van der Waals surface area contributed by atoms with E-state index >= 15 is 0 Å². The molecular formula is C41H32Cl4N2O4. The standard InChI is InChI=1S/C21H17Cl2NO2.C20H15Cl2NO2/c1-3-6-13-9-16(22)19(17(23)10-13)20-18(26-2)12-14(21(20)25)11-15-7-4-5-8-24-15;1-2-5-12-8-15(21)18(16(22)9-12)19-17(24)11-13(20(19)25)10-14-6-3-4-7-23-14/h4-5,7-10,14H,11-12H2,1-2H3;3-4,6-9,13,19H,10-11H2,1H3. The fourth-order valence-corrected chi connectivity index (χ4v) is 7.73. The van der Waals surface area contributed by atoms with Gasteiger partial charge in [-0.3, -0.25) is 24.4 Å². The number of methoxy groups -OCH3 is 1. The highest BCUT2D eigenvalue weighted by Crippen LogP contribution is 2.43. The van der Waals surface area contributed by atoms with Gasteiger partial charge >= 0.3 is 0 Å². The number of allylic oxidation sites excluding steroid dienone is 2. The van der Waals surface area contributed by atoms with Crippen LogP contribution in [0.4, 0.5) is 0 Å². The topological polar surface area (TPSA) is 86.2 Å². The highest BCUT2D eigenvalue weighted by molar-refractivity contribution is 6.41. The maximum absolute atomic E-state index is 13.1. The minimum atomic E-state index is -0.905. The van der Waals surface area contributed by atoms with Crippen LogP contribution in [0.25, 0.3) is 5.57 Å². The van der Waals surface area contributed by atoms with Crippen molar-refractivity contribution in [3.05, 3.63) is 133 Å². The fraction of sp³-hybridized carbons (Fsp3) is 0.244. The summed E-state index contributed by atoms with van der Waals surface area (Å²) in [6, 6.07) is 17.9. The van der Waals surface area contributed by atoms with Crippen LogP contribution in [0.1, 0.15) is 66.2 Å². The van der Waals surface area contributed by atoms with Crippen LogP contribution in [-0.4, -0.2) is 34.4 Å². The quantitative estimate of drug-likeness (QED) is 0.138. The number of ether oxygens (including phenoxy) is 1. The molecule has 4 aromatic rings. The first-order valence-corrected chi connectivity index (χ1v) is 17.6. The van der Waals surface area contributed by atoms with Gasteiger partial charge in [0.25, 0.3) is 0 Å². The van der Waals surface area contributed by atoms with Crippen LogP contribution in [0.15, 0.2) is 78.8 Å². The first kappa shape index (κ1) is 37.8. The van der Waals surface area contributed by atoms with Crippen LogP contribution in [0.2, 0.25) is 20.1 Å². The summed E-state index contributed by atoms with van der Waals surface area (Å²) in [6.45, 7) is 3.45. The largest absolute Gasteiger partial charge is 0.500 e. The van der Waals surface area contributed by atoms with Crippen LogP contribution in [0.3, 0.4) is 0 Å². The van der Waals surface area contributed by atoms with E-state index in [-0.39, 0.29) is 29.7 Å². The average molecular weight is 759 g/mol. The van der Waals surface area contributed by atoms with Gasteiger partial charge < -0.3 is 4.74 Å². The predicted molar refractivity (Wildman–Crippen MR) is 202 cm³/mol. The van der Waals surface area contributed by atoms with E-state index < -0.39 is 11.8 Å². The van der Waals surface area contributed by atoms with E-state index in [9.17, 15) is 14.4 Å². The highest BCUT2D eigenvalue weighted by atomic mass is 35.5. The average Bonchev–Trinajstić information content (AvgIpc) is 3.55. The second-order valence-corrected chi connectivity index (χ2v) is 13.6. The molecule has 0 saturated heterocycles. The molecule has 51 heavy (non-hydrogen) atoms. The van der Waals surface area contributed by atoms with E-state index in [1.54, 1.807) is 57.6 Å². The summed E-state index contributed by atoms with van der Waals surface area (Å²) in [5, 5.41) is 1.39. The van der Waals surface area contributed by atoms with Crippen LogP contribution >= 0.6 is 46.4 Å². The van der Waals surface area contributed by atoms with Crippen LogP contribution in [-0.2, 0) is 32.0 Å². The molecular weight excluding hydrogens is 726 g/mol. The molecule has 2 aliphatic carbocycles. The molecule has 0 radical (unpaired) electrons. The summed E-state index contributed by atoms with van der Waals surface area (Å²) in [5.74, 6) is 10.1. The van der Waals surface area contributed by atoms with Crippen molar-refractivity contribution in [1.82, 2.24) is 9.97 Å². The van der Waals surface area contributed by atoms with Crippen molar-refractivity contribution in [2.45, 2.75) is 45.4 Å². The molecule has 3 unspecified atom stereocenters. The van der Waals surface area contributed by atoms with Gasteiger partial charge in [0.05, 0.1) is 22.7 Å². The molecule has 6 rings (SSSR count). The molecule has 10 heteroatoms. The minimum absolute atomic E-state index is 0.0226. The highest BCUT2D eigenvalue weighted by Gasteiger charge is 2.44. The molecule has 0 amide bonds.